The largest absolute Gasteiger partial charge is 0.478 e. The number of hydrogen-bond acceptors (Lipinski definition) is 2. The molecule has 0 radical (unpaired) electrons. The van der Waals surface area contributed by atoms with Gasteiger partial charge in [-0.2, -0.15) is 0 Å². The van der Waals surface area contributed by atoms with Crippen molar-refractivity contribution in [2.24, 2.45) is 5.92 Å². The van der Waals surface area contributed by atoms with Crippen LogP contribution in [0.15, 0.2) is 24.3 Å². The first-order chi connectivity index (χ1) is 7.69. The van der Waals surface area contributed by atoms with E-state index in [9.17, 15) is 4.79 Å². The van der Waals surface area contributed by atoms with E-state index in [1.54, 1.807) is 19.2 Å². The van der Waals surface area contributed by atoms with Crippen LogP contribution in [0.4, 0.5) is 5.69 Å². The van der Waals surface area contributed by atoms with Gasteiger partial charge in [0.1, 0.15) is 0 Å². The number of hydrogen-bond donors (Lipinski definition) is 2. The number of allylic oxidation sites excluding steroid dienone is 1. The lowest BCUT2D eigenvalue weighted by Crippen LogP contribution is -1.99. The molecule has 0 saturated heterocycles. The first kappa shape index (κ1) is 10.7. The van der Waals surface area contributed by atoms with Crippen LogP contribution in [-0.4, -0.2) is 18.1 Å². The number of nitrogens with one attached hydrogen (secondary N) is 1. The summed E-state index contributed by atoms with van der Waals surface area (Å²) in [5.41, 5.74) is 2.09. The molecule has 0 amide bonds. The highest BCUT2D eigenvalue weighted by atomic mass is 16.4. The summed E-state index contributed by atoms with van der Waals surface area (Å²) in [6, 6.07) is 5.28. The number of rotatable bonds is 4. The van der Waals surface area contributed by atoms with Crippen molar-refractivity contribution in [1.29, 1.82) is 0 Å². The smallest absolute Gasteiger partial charge is 0.335 e. The van der Waals surface area contributed by atoms with Crippen LogP contribution in [-0.2, 0) is 0 Å². The lowest BCUT2D eigenvalue weighted by Gasteiger charge is -2.04. The van der Waals surface area contributed by atoms with Gasteiger partial charge >= 0.3 is 5.97 Å². The number of benzene rings is 1. The van der Waals surface area contributed by atoms with Gasteiger partial charge in [0.2, 0.25) is 0 Å². The first-order valence-electron chi connectivity index (χ1n) is 5.43. The lowest BCUT2D eigenvalue weighted by atomic mass is 10.1. The molecule has 0 unspecified atom stereocenters. The molecule has 2 N–H and O–H groups in total. The second kappa shape index (κ2) is 4.39. The van der Waals surface area contributed by atoms with Gasteiger partial charge < -0.3 is 10.4 Å². The number of carbonyl (C=O) groups is 1. The zero-order chi connectivity index (χ0) is 11.5. The van der Waals surface area contributed by atoms with Gasteiger partial charge in [-0.15, -0.1) is 0 Å². The van der Waals surface area contributed by atoms with Crippen molar-refractivity contribution in [2.45, 2.75) is 12.8 Å². The molecule has 1 aromatic carbocycles. The van der Waals surface area contributed by atoms with E-state index in [2.05, 4.69) is 11.4 Å². The van der Waals surface area contributed by atoms with E-state index in [1.807, 2.05) is 12.1 Å². The minimum atomic E-state index is -0.891. The Balaban J connectivity index is 2.28. The van der Waals surface area contributed by atoms with Gasteiger partial charge in [-0.25, -0.2) is 4.79 Å². The second-order valence-corrected chi connectivity index (χ2v) is 4.10. The van der Waals surface area contributed by atoms with E-state index in [-0.39, 0.29) is 0 Å². The Morgan fingerprint density at radius 2 is 2.19 bits per heavy atom. The average molecular weight is 217 g/mol. The molecule has 1 saturated carbocycles. The zero-order valence-electron chi connectivity index (χ0n) is 9.23. The molecule has 0 atom stereocenters. The minimum absolute atomic E-state index is 0.322. The monoisotopic (exact) mass is 217 g/mol. The molecule has 0 heterocycles. The third-order valence-corrected chi connectivity index (χ3v) is 2.67. The Morgan fingerprint density at radius 1 is 1.44 bits per heavy atom. The van der Waals surface area contributed by atoms with E-state index >= 15 is 0 Å². The summed E-state index contributed by atoms with van der Waals surface area (Å²) in [5.74, 6) is -0.190. The predicted molar refractivity (Wildman–Crippen MR) is 64.7 cm³/mol. The molecule has 16 heavy (non-hydrogen) atoms. The Labute approximate surface area is 94.8 Å². The van der Waals surface area contributed by atoms with Gasteiger partial charge in [-0.3, -0.25) is 0 Å². The summed E-state index contributed by atoms with van der Waals surface area (Å²) in [7, 11) is 1.79. The molecule has 84 valence electrons. The van der Waals surface area contributed by atoms with Crippen molar-refractivity contribution in [1.82, 2.24) is 0 Å². The number of carboxylic acid groups (broad SMARTS) is 1. The minimum Gasteiger partial charge on any atom is -0.478 e. The van der Waals surface area contributed by atoms with Crippen LogP contribution < -0.4 is 5.32 Å². The highest BCUT2D eigenvalue weighted by Gasteiger charge is 2.17. The van der Waals surface area contributed by atoms with Gasteiger partial charge in [0.15, 0.2) is 0 Å². The van der Waals surface area contributed by atoms with Gasteiger partial charge in [0.25, 0.3) is 0 Å². The van der Waals surface area contributed by atoms with Crippen molar-refractivity contribution >= 4 is 17.7 Å². The van der Waals surface area contributed by atoms with Crippen LogP contribution in [0.3, 0.4) is 0 Å². The van der Waals surface area contributed by atoms with Crippen LogP contribution in [0, 0.1) is 5.92 Å². The maximum Gasteiger partial charge on any atom is 0.335 e. The van der Waals surface area contributed by atoms with E-state index in [0.717, 1.165) is 11.3 Å². The molecule has 0 aliphatic heterocycles. The van der Waals surface area contributed by atoms with Gasteiger partial charge in [0.05, 0.1) is 5.56 Å². The van der Waals surface area contributed by atoms with Crippen LogP contribution in [0.25, 0.3) is 6.08 Å². The molecular weight excluding hydrogens is 202 g/mol. The van der Waals surface area contributed by atoms with Crippen LogP contribution in [0.5, 0.6) is 0 Å². The van der Waals surface area contributed by atoms with E-state index in [0.29, 0.717) is 11.5 Å². The fraction of sp³-hybridized carbons (Fsp3) is 0.308. The summed E-state index contributed by atoms with van der Waals surface area (Å²) in [6.45, 7) is 0. The molecule has 1 aromatic rings. The van der Waals surface area contributed by atoms with Crippen molar-refractivity contribution < 1.29 is 9.90 Å². The summed E-state index contributed by atoms with van der Waals surface area (Å²) in [4.78, 5) is 10.9. The summed E-state index contributed by atoms with van der Waals surface area (Å²) >= 11 is 0. The number of aromatic carboxylic acids is 1. The van der Waals surface area contributed by atoms with Crippen molar-refractivity contribution in [2.75, 3.05) is 12.4 Å². The second-order valence-electron chi connectivity index (χ2n) is 4.10. The Kier molecular flexibility index (Phi) is 2.95. The molecule has 0 bridgehead atoms. The van der Waals surface area contributed by atoms with E-state index in [4.69, 9.17) is 5.11 Å². The molecule has 1 aliphatic carbocycles. The van der Waals surface area contributed by atoms with Gasteiger partial charge in [0, 0.05) is 12.7 Å². The maximum absolute atomic E-state index is 10.9. The first-order valence-corrected chi connectivity index (χ1v) is 5.43. The quantitative estimate of drug-likeness (QED) is 0.815. The molecule has 2 rings (SSSR count). The topological polar surface area (TPSA) is 49.3 Å². The molecule has 3 nitrogen and oxygen atoms in total. The van der Waals surface area contributed by atoms with Crippen molar-refractivity contribution in [3.8, 4) is 0 Å². The molecule has 3 heteroatoms. The van der Waals surface area contributed by atoms with Crippen LogP contribution >= 0.6 is 0 Å². The van der Waals surface area contributed by atoms with Crippen molar-refractivity contribution in [3.63, 3.8) is 0 Å². The Morgan fingerprint density at radius 3 is 2.75 bits per heavy atom. The summed E-state index contributed by atoms with van der Waals surface area (Å²) < 4.78 is 0. The van der Waals surface area contributed by atoms with Gasteiger partial charge in [-0.05, 0) is 42.5 Å². The van der Waals surface area contributed by atoms with E-state index in [1.165, 1.54) is 12.8 Å². The summed E-state index contributed by atoms with van der Waals surface area (Å²) in [6.07, 6.45) is 6.67. The highest BCUT2D eigenvalue weighted by Crippen LogP contribution is 2.31. The highest BCUT2D eigenvalue weighted by molar-refractivity contribution is 5.89. The Bertz CT molecular complexity index is 434. The number of anilines is 1. The van der Waals surface area contributed by atoms with Crippen LogP contribution in [0.2, 0.25) is 0 Å². The van der Waals surface area contributed by atoms with E-state index < -0.39 is 5.97 Å². The fourth-order valence-electron chi connectivity index (χ4n) is 1.55. The van der Waals surface area contributed by atoms with Gasteiger partial charge in [-0.1, -0.05) is 12.2 Å². The predicted octanol–water partition coefficient (Wildman–Crippen LogP) is 2.85. The Hall–Kier alpha value is -1.77. The maximum atomic E-state index is 10.9. The lowest BCUT2D eigenvalue weighted by molar-refractivity contribution is 0.0697. The zero-order valence-corrected chi connectivity index (χ0v) is 9.23. The normalized spacial score (nSPS) is 15.3. The third kappa shape index (κ3) is 2.63. The fourth-order valence-corrected chi connectivity index (χ4v) is 1.55. The van der Waals surface area contributed by atoms with Crippen LogP contribution in [0.1, 0.15) is 28.8 Å². The molecular formula is C13H15NO2. The average Bonchev–Trinajstić information content (AvgIpc) is 3.09. The molecule has 1 aliphatic rings. The number of carboxylic acids is 1. The SMILES string of the molecule is CNc1cc(/C=C\C2CC2)cc(C(=O)O)c1. The molecule has 0 spiro atoms. The van der Waals surface area contributed by atoms with Crippen molar-refractivity contribution in [3.05, 3.63) is 35.4 Å². The molecule has 0 aromatic heterocycles. The summed E-state index contributed by atoms with van der Waals surface area (Å²) in [5, 5.41) is 11.9. The molecule has 1 fully saturated rings. The third-order valence-electron chi connectivity index (χ3n) is 2.67. The standard InChI is InChI=1S/C13H15NO2/c1-14-12-7-10(5-4-9-2-3-9)6-11(8-12)13(15)16/h4-9,14H,2-3H2,1H3,(H,15,16)/b5-4-.